The summed E-state index contributed by atoms with van der Waals surface area (Å²) in [7, 11) is -0.645. The standard InChI is InChI=1S/C27H28N2O5S2/c1-5-14-29(36(31,32)22-10-6-18(2)7-11-22)20-8-13-25-19(15-20)16-26(35-25)27(30)28-23-12-9-21(33-3)17-24(23)34-4/h6-13,15-17H,5,14H2,1-4H3,(H,28,30). The van der Waals surface area contributed by atoms with Crippen molar-refractivity contribution in [1.82, 2.24) is 0 Å². The molecule has 36 heavy (non-hydrogen) atoms. The van der Waals surface area contributed by atoms with Gasteiger partial charge >= 0.3 is 0 Å². The minimum Gasteiger partial charge on any atom is -0.497 e. The molecular weight excluding hydrogens is 496 g/mol. The van der Waals surface area contributed by atoms with Crippen molar-refractivity contribution < 1.29 is 22.7 Å². The first-order chi connectivity index (χ1) is 17.3. The van der Waals surface area contributed by atoms with Crippen LogP contribution in [0.4, 0.5) is 11.4 Å². The van der Waals surface area contributed by atoms with E-state index in [0.717, 1.165) is 15.6 Å². The highest BCUT2D eigenvalue weighted by Crippen LogP contribution is 2.34. The molecule has 0 aliphatic rings. The summed E-state index contributed by atoms with van der Waals surface area (Å²) in [5, 5.41) is 3.68. The molecule has 3 aromatic carbocycles. The first kappa shape index (κ1) is 25.5. The Kier molecular flexibility index (Phi) is 7.51. The molecule has 0 unspecified atom stereocenters. The van der Waals surface area contributed by atoms with Gasteiger partial charge in [-0.1, -0.05) is 24.6 Å². The fourth-order valence-corrected chi connectivity index (χ4v) is 6.30. The number of rotatable bonds is 9. The second-order valence-electron chi connectivity index (χ2n) is 8.24. The number of anilines is 2. The maximum atomic E-state index is 13.4. The lowest BCUT2D eigenvalue weighted by Crippen LogP contribution is -2.31. The molecule has 1 amide bonds. The Hall–Kier alpha value is -3.56. The summed E-state index contributed by atoms with van der Waals surface area (Å²) in [6.45, 7) is 4.20. The molecule has 0 bridgehead atoms. The van der Waals surface area contributed by atoms with Crippen LogP contribution in [0.25, 0.3) is 10.1 Å². The van der Waals surface area contributed by atoms with E-state index in [1.807, 2.05) is 26.0 Å². The van der Waals surface area contributed by atoms with Gasteiger partial charge in [0.15, 0.2) is 0 Å². The van der Waals surface area contributed by atoms with E-state index in [1.54, 1.807) is 61.7 Å². The van der Waals surface area contributed by atoms with Crippen molar-refractivity contribution in [3.8, 4) is 11.5 Å². The van der Waals surface area contributed by atoms with E-state index < -0.39 is 10.0 Å². The van der Waals surface area contributed by atoms with Gasteiger partial charge in [0.25, 0.3) is 15.9 Å². The maximum absolute atomic E-state index is 13.4. The Morgan fingerprint density at radius 2 is 1.72 bits per heavy atom. The second-order valence-corrected chi connectivity index (χ2v) is 11.2. The van der Waals surface area contributed by atoms with Gasteiger partial charge in [-0.2, -0.15) is 0 Å². The molecule has 4 rings (SSSR count). The number of fused-ring (bicyclic) bond motifs is 1. The third-order valence-electron chi connectivity index (χ3n) is 5.70. The Morgan fingerprint density at radius 3 is 2.39 bits per heavy atom. The van der Waals surface area contributed by atoms with Crippen molar-refractivity contribution >= 4 is 48.7 Å². The van der Waals surface area contributed by atoms with Crippen LogP contribution in [0.3, 0.4) is 0 Å². The lowest BCUT2D eigenvalue weighted by atomic mass is 10.2. The third-order valence-corrected chi connectivity index (χ3v) is 8.66. The van der Waals surface area contributed by atoms with Gasteiger partial charge in [-0.15, -0.1) is 11.3 Å². The third kappa shape index (κ3) is 5.17. The van der Waals surface area contributed by atoms with Gasteiger partial charge in [-0.05, 0) is 67.3 Å². The van der Waals surface area contributed by atoms with E-state index in [9.17, 15) is 13.2 Å². The predicted octanol–water partition coefficient (Wildman–Crippen LogP) is 6.08. The predicted molar refractivity (Wildman–Crippen MR) is 145 cm³/mol. The zero-order valence-corrected chi connectivity index (χ0v) is 22.2. The van der Waals surface area contributed by atoms with Crippen LogP contribution < -0.4 is 19.1 Å². The topological polar surface area (TPSA) is 84.9 Å². The number of methoxy groups -OCH3 is 2. The molecule has 7 nitrogen and oxygen atoms in total. The van der Waals surface area contributed by atoms with Crippen LogP contribution in [-0.4, -0.2) is 35.1 Å². The molecule has 4 aromatic rings. The Balaban J connectivity index is 1.64. The van der Waals surface area contributed by atoms with Crippen molar-refractivity contribution in [2.75, 3.05) is 30.4 Å². The second kappa shape index (κ2) is 10.6. The van der Waals surface area contributed by atoms with Crippen LogP contribution in [0.15, 0.2) is 71.6 Å². The zero-order valence-electron chi connectivity index (χ0n) is 20.6. The van der Waals surface area contributed by atoms with E-state index in [-0.39, 0.29) is 10.8 Å². The number of ether oxygens (including phenoxy) is 2. The number of hydrogen-bond donors (Lipinski definition) is 1. The van der Waals surface area contributed by atoms with Gasteiger partial charge in [0.2, 0.25) is 0 Å². The van der Waals surface area contributed by atoms with Crippen LogP contribution in [0, 0.1) is 6.92 Å². The largest absolute Gasteiger partial charge is 0.497 e. The SMILES string of the molecule is CCCN(c1ccc2sc(C(=O)Nc3ccc(OC)cc3OC)cc2c1)S(=O)(=O)c1ccc(C)cc1. The van der Waals surface area contributed by atoms with Crippen LogP contribution in [-0.2, 0) is 10.0 Å². The van der Waals surface area contributed by atoms with Crippen LogP contribution in [0.1, 0.15) is 28.6 Å². The summed E-state index contributed by atoms with van der Waals surface area (Å²) in [6, 6.07) is 19.2. The molecule has 1 aromatic heterocycles. The highest BCUT2D eigenvalue weighted by molar-refractivity contribution is 7.92. The molecule has 0 saturated carbocycles. The first-order valence-electron chi connectivity index (χ1n) is 11.4. The fourth-order valence-electron chi connectivity index (χ4n) is 3.81. The monoisotopic (exact) mass is 524 g/mol. The van der Waals surface area contributed by atoms with Crippen molar-refractivity contribution in [1.29, 1.82) is 0 Å². The van der Waals surface area contributed by atoms with E-state index >= 15 is 0 Å². The molecule has 9 heteroatoms. The van der Waals surface area contributed by atoms with E-state index in [4.69, 9.17) is 9.47 Å². The van der Waals surface area contributed by atoms with Crippen molar-refractivity contribution in [3.63, 3.8) is 0 Å². The molecule has 0 fully saturated rings. The molecular formula is C27H28N2O5S2. The minimum atomic E-state index is -3.73. The smallest absolute Gasteiger partial charge is 0.265 e. The number of thiophene rings is 1. The molecule has 0 spiro atoms. The maximum Gasteiger partial charge on any atom is 0.265 e. The minimum absolute atomic E-state index is 0.250. The highest BCUT2D eigenvalue weighted by Gasteiger charge is 2.25. The highest BCUT2D eigenvalue weighted by atomic mass is 32.2. The Morgan fingerprint density at radius 1 is 0.972 bits per heavy atom. The molecule has 0 aliphatic carbocycles. The van der Waals surface area contributed by atoms with E-state index in [2.05, 4.69) is 5.32 Å². The average molecular weight is 525 g/mol. The Labute approximate surface area is 215 Å². The molecule has 0 saturated heterocycles. The number of amides is 1. The van der Waals surface area contributed by atoms with Gasteiger partial charge in [0.1, 0.15) is 11.5 Å². The molecule has 1 heterocycles. The van der Waals surface area contributed by atoms with Gasteiger partial charge in [-0.25, -0.2) is 8.42 Å². The van der Waals surface area contributed by atoms with E-state index in [1.165, 1.54) is 22.8 Å². The lowest BCUT2D eigenvalue weighted by molar-refractivity contribution is 0.103. The quantitative estimate of drug-likeness (QED) is 0.287. The van der Waals surface area contributed by atoms with Gasteiger partial charge in [-0.3, -0.25) is 9.10 Å². The number of carbonyl (C=O) groups is 1. The molecule has 0 atom stereocenters. The number of nitrogens with one attached hydrogen (secondary N) is 1. The molecule has 0 aliphatic heterocycles. The summed E-state index contributed by atoms with van der Waals surface area (Å²) in [5.74, 6) is 0.831. The summed E-state index contributed by atoms with van der Waals surface area (Å²) in [6.07, 6.45) is 0.657. The summed E-state index contributed by atoms with van der Waals surface area (Å²) in [5.41, 5.74) is 2.08. The van der Waals surface area contributed by atoms with Crippen molar-refractivity contribution in [2.45, 2.75) is 25.2 Å². The van der Waals surface area contributed by atoms with Gasteiger partial charge in [0, 0.05) is 17.3 Å². The number of hydrogen-bond acceptors (Lipinski definition) is 6. The molecule has 0 radical (unpaired) electrons. The van der Waals surface area contributed by atoms with Crippen LogP contribution >= 0.6 is 11.3 Å². The van der Waals surface area contributed by atoms with E-state index in [0.29, 0.717) is 40.7 Å². The Bertz CT molecular complexity index is 1490. The average Bonchev–Trinajstić information content (AvgIpc) is 3.31. The number of benzene rings is 3. The number of carbonyl (C=O) groups excluding carboxylic acids is 1. The number of nitrogens with zero attached hydrogens (tertiary/aromatic N) is 1. The normalized spacial score (nSPS) is 11.3. The molecule has 1 N–H and O–H groups in total. The lowest BCUT2D eigenvalue weighted by Gasteiger charge is -2.24. The fraction of sp³-hybridized carbons (Fsp3) is 0.222. The number of sulfonamides is 1. The van der Waals surface area contributed by atoms with Crippen LogP contribution in [0.2, 0.25) is 0 Å². The first-order valence-corrected chi connectivity index (χ1v) is 13.7. The van der Waals surface area contributed by atoms with Gasteiger partial charge < -0.3 is 14.8 Å². The van der Waals surface area contributed by atoms with Crippen molar-refractivity contribution in [3.05, 3.63) is 77.2 Å². The van der Waals surface area contributed by atoms with Gasteiger partial charge in [0.05, 0.1) is 35.4 Å². The zero-order chi connectivity index (χ0) is 25.9. The number of aryl methyl sites for hydroxylation is 1. The van der Waals surface area contributed by atoms with Crippen LogP contribution in [0.5, 0.6) is 11.5 Å². The molecule has 188 valence electrons. The summed E-state index contributed by atoms with van der Waals surface area (Å²) < 4.78 is 39.8. The summed E-state index contributed by atoms with van der Waals surface area (Å²) >= 11 is 1.34. The summed E-state index contributed by atoms with van der Waals surface area (Å²) in [4.78, 5) is 13.8. The van der Waals surface area contributed by atoms with Crippen molar-refractivity contribution in [2.24, 2.45) is 0 Å².